The van der Waals surface area contributed by atoms with Crippen LogP contribution in [0, 0.1) is 13.8 Å². The van der Waals surface area contributed by atoms with Crippen LogP contribution in [-0.4, -0.2) is 18.6 Å². The van der Waals surface area contributed by atoms with Crippen molar-refractivity contribution in [1.82, 2.24) is 5.32 Å². The Balaban J connectivity index is 1.33. The van der Waals surface area contributed by atoms with Crippen LogP contribution >= 0.6 is 0 Å². The van der Waals surface area contributed by atoms with Crippen molar-refractivity contribution in [1.29, 1.82) is 0 Å². The Hall–Kier alpha value is -4.58. The van der Waals surface area contributed by atoms with E-state index in [0.29, 0.717) is 30.2 Å². The van der Waals surface area contributed by atoms with Gasteiger partial charge in [0.1, 0.15) is 0 Å². The Labute approximate surface area is 222 Å². The number of carbonyl (C=O) groups is 2. The second kappa shape index (κ2) is 11.2. The maximum absolute atomic E-state index is 13.7. The molecule has 4 aromatic rings. The molecule has 6 nitrogen and oxygen atoms in total. The predicted molar refractivity (Wildman–Crippen MR) is 147 cm³/mol. The van der Waals surface area contributed by atoms with Gasteiger partial charge in [0.15, 0.2) is 11.5 Å². The van der Waals surface area contributed by atoms with Gasteiger partial charge in [0.05, 0.1) is 13.0 Å². The largest absolute Gasteiger partial charge is 0.454 e. The van der Waals surface area contributed by atoms with Gasteiger partial charge in [-0.25, -0.2) is 0 Å². The zero-order valence-electron chi connectivity index (χ0n) is 21.6. The molecular formula is C32H30N2O4. The Morgan fingerprint density at radius 2 is 1.55 bits per heavy atom. The van der Waals surface area contributed by atoms with E-state index < -0.39 is 0 Å². The molecule has 0 atom stereocenters. The van der Waals surface area contributed by atoms with Crippen LogP contribution < -0.4 is 19.7 Å². The number of amides is 2. The molecule has 5 rings (SSSR count). The average Bonchev–Trinajstić information content (AvgIpc) is 3.40. The number of carbonyl (C=O) groups excluding carboxylic acids is 2. The van der Waals surface area contributed by atoms with Gasteiger partial charge in [0.2, 0.25) is 12.7 Å². The highest BCUT2D eigenvalue weighted by molar-refractivity contribution is 6.07. The molecule has 0 saturated heterocycles. The lowest BCUT2D eigenvalue weighted by atomic mass is 10.0. The Kier molecular flexibility index (Phi) is 7.40. The summed E-state index contributed by atoms with van der Waals surface area (Å²) in [6.45, 7) is 5.02. The summed E-state index contributed by atoms with van der Waals surface area (Å²) in [4.78, 5) is 28.3. The zero-order chi connectivity index (χ0) is 26.5. The molecule has 0 aliphatic carbocycles. The van der Waals surface area contributed by atoms with Crippen LogP contribution in [0.15, 0.2) is 91.0 Å². The Morgan fingerprint density at radius 1 is 0.789 bits per heavy atom. The molecule has 2 amide bonds. The van der Waals surface area contributed by atoms with Gasteiger partial charge in [-0.1, -0.05) is 66.2 Å². The molecule has 0 fully saturated rings. The molecule has 6 heteroatoms. The first kappa shape index (κ1) is 25.1. The highest BCUT2D eigenvalue weighted by Gasteiger charge is 2.20. The van der Waals surface area contributed by atoms with Crippen molar-refractivity contribution in [3.05, 3.63) is 124 Å². The van der Waals surface area contributed by atoms with E-state index >= 15 is 0 Å². The molecule has 0 spiro atoms. The minimum Gasteiger partial charge on any atom is -0.454 e. The molecule has 4 aromatic carbocycles. The molecule has 38 heavy (non-hydrogen) atoms. The lowest BCUT2D eigenvalue weighted by molar-refractivity contribution is -0.120. The molecule has 1 aliphatic rings. The van der Waals surface area contributed by atoms with Gasteiger partial charge in [0, 0.05) is 17.8 Å². The molecule has 1 heterocycles. The number of benzene rings is 4. The number of anilines is 1. The summed E-state index contributed by atoms with van der Waals surface area (Å²) < 4.78 is 10.8. The van der Waals surface area contributed by atoms with E-state index in [0.717, 1.165) is 27.9 Å². The van der Waals surface area contributed by atoms with Crippen LogP contribution in [0.1, 0.15) is 38.2 Å². The number of nitrogens with one attached hydrogen (secondary N) is 1. The summed E-state index contributed by atoms with van der Waals surface area (Å²) in [7, 11) is 0. The first-order valence-electron chi connectivity index (χ1n) is 12.6. The zero-order valence-corrected chi connectivity index (χ0v) is 21.6. The molecule has 1 N–H and O–H groups in total. The molecule has 0 radical (unpaired) electrons. The summed E-state index contributed by atoms with van der Waals surface area (Å²) in [5.74, 6) is 1.23. The van der Waals surface area contributed by atoms with E-state index in [1.165, 1.54) is 5.56 Å². The van der Waals surface area contributed by atoms with Gasteiger partial charge >= 0.3 is 0 Å². The molecule has 0 bridgehead atoms. The normalized spacial score (nSPS) is 11.7. The van der Waals surface area contributed by atoms with E-state index in [4.69, 9.17) is 9.47 Å². The third-order valence-electron chi connectivity index (χ3n) is 6.60. The highest BCUT2D eigenvalue weighted by Crippen LogP contribution is 2.32. The van der Waals surface area contributed by atoms with E-state index in [1.807, 2.05) is 105 Å². The molecule has 0 saturated carbocycles. The standard InChI is InChI=1S/C32H30N2O4/c1-22-10-12-24(13-11-22)20-34(32(36)28-9-4-3-6-23(28)2)27-8-5-7-25(16-27)18-31(35)33-19-26-14-15-29-30(17-26)38-21-37-29/h3-17H,18-21H2,1-2H3,(H,33,35). The SMILES string of the molecule is Cc1ccc(CN(C(=O)c2ccccc2C)c2cccc(CC(=O)NCc3ccc4c(c3)OCO4)c2)cc1. The van der Waals surface area contributed by atoms with E-state index in [2.05, 4.69) is 5.32 Å². The van der Waals surface area contributed by atoms with E-state index in [-0.39, 0.29) is 25.0 Å². The van der Waals surface area contributed by atoms with Crippen LogP contribution in [0.25, 0.3) is 0 Å². The summed E-state index contributed by atoms with van der Waals surface area (Å²) in [6, 6.07) is 29.1. The Bertz CT molecular complexity index is 1460. The van der Waals surface area contributed by atoms with Crippen LogP contribution in [0.2, 0.25) is 0 Å². The summed E-state index contributed by atoms with van der Waals surface area (Å²) in [6.07, 6.45) is 0.204. The van der Waals surface area contributed by atoms with Crippen LogP contribution in [0.4, 0.5) is 5.69 Å². The fraction of sp³-hybridized carbons (Fsp3) is 0.188. The second-order valence-corrected chi connectivity index (χ2v) is 9.50. The van der Waals surface area contributed by atoms with Gasteiger partial charge < -0.3 is 19.7 Å². The maximum atomic E-state index is 13.7. The first-order valence-corrected chi connectivity index (χ1v) is 12.6. The van der Waals surface area contributed by atoms with Crippen molar-refractivity contribution >= 4 is 17.5 Å². The van der Waals surface area contributed by atoms with Gasteiger partial charge in [-0.15, -0.1) is 0 Å². The minimum atomic E-state index is -0.102. The third kappa shape index (κ3) is 5.86. The smallest absolute Gasteiger partial charge is 0.258 e. The summed E-state index contributed by atoms with van der Waals surface area (Å²) >= 11 is 0. The molecular weight excluding hydrogens is 476 g/mol. The summed E-state index contributed by atoms with van der Waals surface area (Å²) in [5, 5.41) is 2.97. The first-order chi connectivity index (χ1) is 18.5. The van der Waals surface area contributed by atoms with Gasteiger partial charge in [-0.3, -0.25) is 9.59 Å². The van der Waals surface area contributed by atoms with Crippen molar-refractivity contribution < 1.29 is 19.1 Å². The summed E-state index contributed by atoms with van der Waals surface area (Å²) in [5.41, 5.74) is 6.29. The van der Waals surface area contributed by atoms with E-state index in [9.17, 15) is 9.59 Å². The predicted octanol–water partition coefficient (Wildman–Crippen LogP) is 5.74. The monoisotopic (exact) mass is 506 g/mol. The van der Waals surface area contributed by atoms with E-state index in [1.54, 1.807) is 4.90 Å². The second-order valence-electron chi connectivity index (χ2n) is 9.50. The molecule has 1 aliphatic heterocycles. The number of rotatable bonds is 8. The maximum Gasteiger partial charge on any atom is 0.258 e. The fourth-order valence-electron chi connectivity index (χ4n) is 4.45. The number of hydrogen-bond donors (Lipinski definition) is 1. The van der Waals surface area contributed by atoms with Crippen LogP contribution in [0.3, 0.4) is 0 Å². The van der Waals surface area contributed by atoms with Gasteiger partial charge in [-0.2, -0.15) is 0 Å². The lowest BCUT2D eigenvalue weighted by Gasteiger charge is -2.24. The lowest BCUT2D eigenvalue weighted by Crippen LogP contribution is -2.31. The number of nitrogens with zero attached hydrogens (tertiary/aromatic N) is 1. The van der Waals surface area contributed by atoms with Crippen molar-refractivity contribution in [3.63, 3.8) is 0 Å². The van der Waals surface area contributed by atoms with Crippen LogP contribution in [-0.2, 0) is 24.3 Å². The van der Waals surface area contributed by atoms with Crippen LogP contribution in [0.5, 0.6) is 11.5 Å². The Morgan fingerprint density at radius 3 is 2.37 bits per heavy atom. The van der Waals surface area contributed by atoms with Gasteiger partial charge in [0.25, 0.3) is 5.91 Å². The number of ether oxygens (including phenoxy) is 2. The van der Waals surface area contributed by atoms with Crippen molar-refractivity contribution in [2.24, 2.45) is 0 Å². The number of hydrogen-bond acceptors (Lipinski definition) is 4. The minimum absolute atomic E-state index is 0.0758. The third-order valence-corrected chi connectivity index (χ3v) is 6.60. The molecule has 0 aromatic heterocycles. The number of aryl methyl sites for hydroxylation is 2. The van der Waals surface area contributed by atoms with Crippen molar-refractivity contribution in [2.75, 3.05) is 11.7 Å². The van der Waals surface area contributed by atoms with Gasteiger partial charge in [-0.05, 0) is 66.4 Å². The number of fused-ring (bicyclic) bond motifs is 1. The molecule has 192 valence electrons. The van der Waals surface area contributed by atoms with Crippen molar-refractivity contribution in [2.45, 2.75) is 33.4 Å². The molecule has 0 unspecified atom stereocenters. The quantitative estimate of drug-likeness (QED) is 0.331. The highest BCUT2D eigenvalue weighted by atomic mass is 16.7. The average molecular weight is 507 g/mol. The topological polar surface area (TPSA) is 67.9 Å². The van der Waals surface area contributed by atoms with Crippen molar-refractivity contribution in [3.8, 4) is 11.5 Å². The fourth-order valence-corrected chi connectivity index (χ4v) is 4.45.